The minimum Gasteiger partial charge on any atom is -0.456 e. The molecule has 0 N–H and O–H groups in total. The van der Waals surface area contributed by atoms with Gasteiger partial charge in [0.25, 0.3) is 0 Å². The molecule has 2 nitrogen and oxygen atoms in total. The third-order valence-electron chi connectivity index (χ3n) is 9.99. The number of hydrogen-bond acceptors (Lipinski definition) is 2. The van der Waals surface area contributed by atoms with Crippen LogP contribution in [0.4, 0.5) is 17.1 Å². The predicted octanol–water partition coefficient (Wildman–Crippen LogP) is 13.8. The summed E-state index contributed by atoms with van der Waals surface area (Å²) >= 11 is 0. The van der Waals surface area contributed by atoms with Gasteiger partial charge in [-0.2, -0.15) is 0 Å². The van der Waals surface area contributed by atoms with Crippen molar-refractivity contribution in [3.05, 3.63) is 188 Å². The number of nitrogens with zero attached hydrogens (tertiary/aromatic N) is 1. The van der Waals surface area contributed by atoms with Gasteiger partial charge in [-0.3, -0.25) is 0 Å². The summed E-state index contributed by atoms with van der Waals surface area (Å²) in [6, 6.07) is 67.7. The van der Waals surface area contributed by atoms with Crippen molar-refractivity contribution in [2.24, 2.45) is 0 Å². The standard InChI is InChI=1S/C48H31NO/c1-2-12-33-27-35(24-23-32(33)11-1)34-14-9-16-38(28-34)49(40-25-26-48-46(31-40)44-21-7-8-22-47(44)50-48)39-17-10-15-36(29-39)45-30-37-13-3-4-18-41(37)42-19-5-6-20-43(42)45/h1-31H. The minimum atomic E-state index is 0.885. The number of rotatable bonds is 5. The Hall–Kier alpha value is -6.64. The number of fused-ring (bicyclic) bond motifs is 7. The van der Waals surface area contributed by atoms with Gasteiger partial charge in [0.15, 0.2) is 0 Å². The fourth-order valence-electron chi connectivity index (χ4n) is 7.60. The molecule has 0 fully saturated rings. The second-order valence-electron chi connectivity index (χ2n) is 13.0. The van der Waals surface area contributed by atoms with E-state index in [9.17, 15) is 0 Å². The molecule has 0 radical (unpaired) electrons. The molecule has 50 heavy (non-hydrogen) atoms. The molecule has 0 atom stereocenters. The fraction of sp³-hybridized carbons (Fsp3) is 0. The van der Waals surface area contributed by atoms with Crippen LogP contribution >= 0.6 is 0 Å². The fourth-order valence-corrected chi connectivity index (χ4v) is 7.60. The SMILES string of the molecule is c1cc(-c2ccc3ccccc3c2)cc(N(c2cccc(-c3cc4ccccc4c4ccccc34)c2)c2ccc3oc4ccccc4c3c2)c1. The molecule has 0 aliphatic carbocycles. The van der Waals surface area contributed by atoms with Crippen LogP contribution in [0.15, 0.2) is 192 Å². The van der Waals surface area contributed by atoms with Crippen LogP contribution in [0, 0.1) is 0 Å². The zero-order valence-electron chi connectivity index (χ0n) is 27.3. The molecular formula is C48H31NO. The smallest absolute Gasteiger partial charge is 0.135 e. The van der Waals surface area contributed by atoms with Crippen LogP contribution < -0.4 is 4.90 Å². The molecule has 1 heterocycles. The van der Waals surface area contributed by atoms with Crippen molar-refractivity contribution in [1.82, 2.24) is 0 Å². The average Bonchev–Trinajstić information content (AvgIpc) is 3.56. The second kappa shape index (κ2) is 11.5. The summed E-state index contributed by atoms with van der Waals surface area (Å²) in [5, 5.41) is 9.73. The lowest BCUT2D eigenvalue weighted by Crippen LogP contribution is -2.10. The third kappa shape index (κ3) is 4.73. The van der Waals surface area contributed by atoms with Gasteiger partial charge in [-0.25, -0.2) is 0 Å². The molecule has 0 aliphatic rings. The zero-order chi connectivity index (χ0) is 33.0. The first-order valence-electron chi connectivity index (χ1n) is 17.1. The van der Waals surface area contributed by atoms with Crippen LogP contribution in [0.5, 0.6) is 0 Å². The van der Waals surface area contributed by atoms with Crippen molar-refractivity contribution in [2.75, 3.05) is 4.90 Å². The van der Waals surface area contributed by atoms with Gasteiger partial charge in [0, 0.05) is 27.8 Å². The Morgan fingerprint density at radius 3 is 1.74 bits per heavy atom. The third-order valence-corrected chi connectivity index (χ3v) is 9.99. The Bertz CT molecular complexity index is 2900. The Morgan fingerprint density at radius 2 is 0.900 bits per heavy atom. The highest BCUT2D eigenvalue weighted by molar-refractivity contribution is 6.14. The quantitative estimate of drug-likeness (QED) is 0.175. The molecule has 2 heteroatoms. The number of para-hydroxylation sites is 1. The normalized spacial score (nSPS) is 11.6. The maximum Gasteiger partial charge on any atom is 0.135 e. The highest BCUT2D eigenvalue weighted by Gasteiger charge is 2.18. The van der Waals surface area contributed by atoms with E-state index in [1.807, 2.05) is 12.1 Å². The van der Waals surface area contributed by atoms with E-state index < -0.39 is 0 Å². The summed E-state index contributed by atoms with van der Waals surface area (Å²) < 4.78 is 6.25. The van der Waals surface area contributed by atoms with Gasteiger partial charge in [0.1, 0.15) is 11.2 Å². The maximum absolute atomic E-state index is 6.25. The molecule has 0 bridgehead atoms. The molecule has 0 unspecified atom stereocenters. The highest BCUT2D eigenvalue weighted by atomic mass is 16.3. The lowest BCUT2D eigenvalue weighted by molar-refractivity contribution is 0.669. The monoisotopic (exact) mass is 637 g/mol. The van der Waals surface area contributed by atoms with E-state index in [1.54, 1.807) is 0 Å². The molecule has 0 amide bonds. The van der Waals surface area contributed by atoms with Gasteiger partial charge in [-0.1, -0.05) is 127 Å². The Labute approximate surface area is 290 Å². The van der Waals surface area contributed by atoms with Crippen LogP contribution in [-0.2, 0) is 0 Å². The molecule has 10 aromatic rings. The molecule has 234 valence electrons. The second-order valence-corrected chi connectivity index (χ2v) is 13.0. The van der Waals surface area contributed by atoms with E-state index in [4.69, 9.17) is 4.42 Å². The van der Waals surface area contributed by atoms with E-state index in [1.165, 1.54) is 54.6 Å². The molecule has 0 spiro atoms. The topological polar surface area (TPSA) is 16.4 Å². The molecule has 10 rings (SSSR count). The first-order valence-corrected chi connectivity index (χ1v) is 17.1. The highest BCUT2D eigenvalue weighted by Crippen LogP contribution is 2.42. The Kier molecular flexibility index (Phi) is 6.53. The van der Waals surface area contributed by atoms with E-state index >= 15 is 0 Å². The molecule has 9 aromatic carbocycles. The van der Waals surface area contributed by atoms with Crippen LogP contribution in [0.1, 0.15) is 0 Å². The van der Waals surface area contributed by atoms with Crippen LogP contribution in [0.2, 0.25) is 0 Å². The summed E-state index contributed by atoms with van der Waals surface area (Å²) in [7, 11) is 0. The molecule has 1 aromatic heterocycles. The van der Waals surface area contributed by atoms with Crippen LogP contribution in [0.25, 0.3) is 76.5 Å². The number of anilines is 3. The molecule has 0 aliphatic heterocycles. The molecule has 0 saturated heterocycles. The van der Waals surface area contributed by atoms with E-state index in [2.05, 4.69) is 181 Å². The van der Waals surface area contributed by atoms with E-state index in [0.29, 0.717) is 0 Å². The lowest BCUT2D eigenvalue weighted by atomic mass is 9.93. The maximum atomic E-state index is 6.25. The van der Waals surface area contributed by atoms with Gasteiger partial charge in [-0.05, 0) is 115 Å². The van der Waals surface area contributed by atoms with Gasteiger partial charge in [0.2, 0.25) is 0 Å². The van der Waals surface area contributed by atoms with Crippen molar-refractivity contribution >= 4 is 71.3 Å². The summed E-state index contributed by atoms with van der Waals surface area (Å²) in [5.74, 6) is 0. The van der Waals surface area contributed by atoms with Gasteiger partial charge in [-0.15, -0.1) is 0 Å². The van der Waals surface area contributed by atoms with Gasteiger partial charge in [0.05, 0.1) is 0 Å². The average molecular weight is 638 g/mol. The van der Waals surface area contributed by atoms with Crippen molar-refractivity contribution in [2.45, 2.75) is 0 Å². The number of furan rings is 1. The first-order chi connectivity index (χ1) is 24.8. The summed E-state index contributed by atoms with van der Waals surface area (Å²) in [5.41, 5.74) is 9.79. The summed E-state index contributed by atoms with van der Waals surface area (Å²) in [4.78, 5) is 2.37. The Balaban J connectivity index is 1.18. The summed E-state index contributed by atoms with van der Waals surface area (Å²) in [6.45, 7) is 0. The lowest BCUT2D eigenvalue weighted by Gasteiger charge is -2.27. The van der Waals surface area contributed by atoms with Crippen LogP contribution in [0.3, 0.4) is 0 Å². The van der Waals surface area contributed by atoms with Crippen LogP contribution in [-0.4, -0.2) is 0 Å². The van der Waals surface area contributed by atoms with E-state index in [-0.39, 0.29) is 0 Å². The zero-order valence-corrected chi connectivity index (χ0v) is 27.3. The largest absolute Gasteiger partial charge is 0.456 e. The van der Waals surface area contributed by atoms with E-state index in [0.717, 1.165) is 39.0 Å². The van der Waals surface area contributed by atoms with Gasteiger partial charge < -0.3 is 9.32 Å². The minimum absolute atomic E-state index is 0.885. The molecular weight excluding hydrogens is 607 g/mol. The Morgan fingerprint density at radius 1 is 0.300 bits per heavy atom. The van der Waals surface area contributed by atoms with Crippen molar-refractivity contribution < 1.29 is 4.42 Å². The first kappa shape index (κ1) is 28.4. The van der Waals surface area contributed by atoms with Gasteiger partial charge >= 0.3 is 0 Å². The van der Waals surface area contributed by atoms with Crippen molar-refractivity contribution in [3.63, 3.8) is 0 Å². The summed E-state index contributed by atoms with van der Waals surface area (Å²) in [6.07, 6.45) is 0. The number of benzene rings is 9. The predicted molar refractivity (Wildman–Crippen MR) is 212 cm³/mol. The molecule has 0 saturated carbocycles. The van der Waals surface area contributed by atoms with Crippen molar-refractivity contribution in [3.8, 4) is 22.3 Å². The number of hydrogen-bond donors (Lipinski definition) is 0. The van der Waals surface area contributed by atoms with Crippen molar-refractivity contribution in [1.29, 1.82) is 0 Å².